The van der Waals surface area contributed by atoms with Crippen molar-refractivity contribution in [3.8, 4) is 0 Å². The van der Waals surface area contributed by atoms with E-state index in [2.05, 4.69) is 6.92 Å². The fourth-order valence-corrected chi connectivity index (χ4v) is 4.89. The zero-order chi connectivity index (χ0) is 12.7. The van der Waals surface area contributed by atoms with Crippen molar-refractivity contribution in [2.75, 3.05) is 0 Å². The van der Waals surface area contributed by atoms with Crippen molar-refractivity contribution >= 4 is 5.78 Å². The predicted octanol–water partition coefficient (Wildman–Crippen LogP) is 3.15. The molecule has 4 unspecified atom stereocenters. The Balaban J connectivity index is 1.62. The Bertz CT molecular complexity index is 317. The van der Waals surface area contributed by atoms with E-state index in [0.717, 1.165) is 18.8 Å². The van der Waals surface area contributed by atoms with E-state index in [-0.39, 0.29) is 12.0 Å². The summed E-state index contributed by atoms with van der Waals surface area (Å²) in [5.41, 5.74) is 6.30. The van der Waals surface area contributed by atoms with Gasteiger partial charge in [-0.25, -0.2) is 0 Å². The van der Waals surface area contributed by atoms with Crippen LogP contribution in [0.1, 0.15) is 58.3 Å². The summed E-state index contributed by atoms with van der Waals surface area (Å²) >= 11 is 0. The molecular formula is C16H27NO. The molecule has 0 aromatic carbocycles. The van der Waals surface area contributed by atoms with Crippen molar-refractivity contribution in [1.29, 1.82) is 0 Å². The number of fused-ring (bicyclic) bond motifs is 2. The summed E-state index contributed by atoms with van der Waals surface area (Å²) in [6.07, 6.45) is 9.87. The molecule has 18 heavy (non-hydrogen) atoms. The maximum absolute atomic E-state index is 12.7. The van der Waals surface area contributed by atoms with Gasteiger partial charge in [0.15, 0.2) is 0 Å². The van der Waals surface area contributed by atoms with E-state index in [4.69, 9.17) is 5.73 Å². The highest BCUT2D eigenvalue weighted by molar-refractivity contribution is 5.85. The molecule has 3 fully saturated rings. The molecule has 2 bridgehead atoms. The summed E-state index contributed by atoms with van der Waals surface area (Å²) in [5, 5.41) is 0. The lowest BCUT2D eigenvalue weighted by Gasteiger charge is -2.33. The lowest BCUT2D eigenvalue weighted by molar-refractivity contribution is -0.130. The van der Waals surface area contributed by atoms with E-state index >= 15 is 0 Å². The molecule has 0 aliphatic heterocycles. The van der Waals surface area contributed by atoms with E-state index in [1.807, 2.05) is 0 Å². The summed E-state index contributed by atoms with van der Waals surface area (Å²) in [7, 11) is 0. The molecule has 3 saturated carbocycles. The van der Waals surface area contributed by atoms with Crippen LogP contribution >= 0.6 is 0 Å². The zero-order valence-electron chi connectivity index (χ0n) is 11.6. The van der Waals surface area contributed by atoms with Crippen molar-refractivity contribution in [3.05, 3.63) is 0 Å². The Labute approximate surface area is 111 Å². The molecule has 3 aliphatic carbocycles. The van der Waals surface area contributed by atoms with Gasteiger partial charge in [-0.05, 0) is 62.7 Å². The minimum absolute atomic E-state index is 0.195. The van der Waals surface area contributed by atoms with Gasteiger partial charge in [0.25, 0.3) is 0 Å². The van der Waals surface area contributed by atoms with Crippen LogP contribution in [0.4, 0.5) is 0 Å². The summed E-state index contributed by atoms with van der Waals surface area (Å²) in [6.45, 7) is 2.28. The van der Waals surface area contributed by atoms with Crippen LogP contribution in [0.2, 0.25) is 0 Å². The zero-order valence-corrected chi connectivity index (χ0v) is 11.6. The van der Waals surface area contributed by atoms with Gasteiger partial charge >= 0.3 is 0 Å². The van der Waals surface area contributed by atoms with Crippen LogP contribution in [0.15, 0.2) is 0 Å². The number of nitrogens with two attached hydrogens (primary N) is 1. The highest BCUT2D eigenvalue weighted by Gasteiger charge is 2.50. The summed E-state index contributed by atoms with van der Waals surface area (Å²) < 4.78 is 0. The second kappa shape index (κ2) is 4.96. The van der Waals surface area contributed by atoms with E-state index in [1.54, 1.807) is 0 Å². The topological polar surface area (TPSA) is 43.1 Å². The third-order valence-corrected chi connectivity index (χ3v) is 6.14. The third-order valence-electron chi connectivity index (χ3n) is 6.14. The van der Waals surface area contributed by atoms with Crippen LogP contribution in [0.3, 0.4) is 0 Å². The van der Waals surface area contributed by atoms with Crippen molar-refractivity contribution in [2.24, 2.45) is 35.3 Å². The SMILES string of the molecule is CCC1CCC(C(=O)C2C3CCC(C3)C2N)CC1. The molecule has 2 nitrogen and oxygen atoms in total. The molecule has 0 heterocycles. The molecular weight excluding hydrogens is 222 g/mol. The molecule has 2 heteroatoms. The van der Waals surface area contributed by atoms with Crippen LogP contribution in [0.5, 0.6) is 0 Å². The molecule has 2 N–H and O–H groups in total. The first-order chi connectivity index (χ1) is 8.70. The van der Waals surface area contributed by atoms with Crippen LogP contribution < -0.4 is 5.73 Å². The fourth-order valence-electron chi connectivity index (χ4n) is 4.89. The van der Waals surface area contributed by atoms with Gasteiger partial charge in [0, 0.05) is 17.9 Å². The molecule has 0 saturated heterocycles. The Kier molecular flexibility index (Phi) is 3.48. The van der Waals surface area contributed by atoms with Crippen molar-refractivity contribution in [2.45, 2.75) is 64.3 Å². The van der Waals surface area contributed by atoms with Crippen molar-refractivity contribution in [3.63, 3.8) is 0 Å². The first-order valence-corrected chi connectivity index (χ1v) is 8.00. The molecule has 3 aliphatic rings. The van der Waals surface area contributed by atoms with Gasteiger partial charge < -0.3 is 5.73 Å². The highest BCUT2D eigenvalue weighted by Crippen LogP contribution is 2.49. The third kappa shape index (κ3) is 2.03. The number of hydrogen-bond acceptors (Lipinski definition) is 2. The lowest BCUT2D eigenvalue weighted by atomic mass is 9.72. The van der Waals surface area contributed by atoms with Gasteiger partial charge in [0.1, 0.15) is 5.78 Å². The van der Waals surface area contributed by atoms with Gasteiger partial charge in [-0.2, -0.15) is 0 Å². The summed E-state index contributed by atoms with van der Waals surface area (Å²) in [5.74, 6) is 3.31. The molecule has 0 radical (unpaired) electrons. The molecule has 0 aromatic rings. The second-order valence-electron chi connectivity index (χ2n) is 6.96. The standard InChI is InChI=1S/C16H27NO/c1-2-10-3-5-11(6-4-10)16(18)14-12-7-8-13(9-12)15(14)17/h10-15H,2-9,17H2,1H3. The molecule has 0 amide bonds. The number of carbonyl (C=O) groups excluding carboxylic acids is 1. The van der Waals surface area contributed by atoms with Crippen molar-refractivity contribution in [1.82, 2.24) is 0 Å². The van der Waals surface area contributed by atoms with Crippen molar-refractivity contribution < 1.29 is 4.79 Å². The monoisotopic (exact) mass is 249 g/mol. The average Bonchev–Trinajstić information content (AvgIpc) is 2.99. The van der Waals surface area contributed by atoms with E-state index in [0.29, 0.717) is 23.5 Å². The van der Waals surface area contributed by atoms with Crippen LogP contribution in [-0.2, 0) is 4.79 Å². The fraction of sp³-hybridized carbons (Fsp3) is 0.938. The maximum atomic E-state index is 12.7. The van der Waals surface area contributed by atoms with E-state index in [1.165, 1.54) is 38.5 Å². The Morgan fingerprint density at radius 2 is 1.72 bits per heavy atom. The first kappa shape index (κ1) is 12.7. The average molecular weight is 249 g/mol. The molecule has 3 rings (SSSR count). The highest BCUT2D eigenvalue weighted by atomic mass is 16.1. The van der Waals surface area contributed by atoms with Gasteiger partial charge in [-0.15, -0.1) is 0 Å². The normalized spacial score (nSPS) is 47.4. The van der Waals surface area contributed by atoms with Crippen LogP contribution in [0, 0.1) is 29.6 Å². The molecule has 0 spiro atoms. The number of rotatable bonds is 3. The number of ketones is 1. The molecule has 102 valence electrons. The smallest absolute Gasteiger partial charge is 0.140 e. The molecule has 0 aromatic heterocycles. The first-order valence-electron chi connectivity index (χ1n) is 8.00. The van der Waals surface area contributed by atoms with E-state index in [9.17, 15) is 4.79 Å². The van der Waals surface area contributed by atoms with Gasteiger partial charge in [0.2, 0.25) is 0 Å². The Morgan fingerprint density at radius 3 is 2.28 bits per heavy atom. The van der Waals surface area contributed by atoms with Gasteiger partial charge in [0.05, 0.1) is 0 Å². The number of Topliss-reactive ketones (excluding diaryl/α,β-unsaturated/α-hetero) is 1. The van der Waals surface area contributed by atoms with Crippen LogP contribution in [0.25, 0.3) is 0 Å². The second-order valence-corrected chi connectivity index (χ2v) is 6.96. The van der Waals surface area contributed by atoms with Gasteiger partial charge in [-0.3, -0.25) is 4.79 Å². The van der Waals surface area contributed by atoms with Crippen LogP contribution in [-0.4, -0.2) is 11.8 Å². The minimum Gasteiger partial charge on any atom is -0.327 e. The Hall–Kier alpha value is -0.370. The number of carbonyl (C=O) groups is 1. The molecule has 4 atom stereocenters. The summed E-state index contributed by atoms with van der Waals surface area (Å²) in [6, 6.07) is 0.195. The van der Waals surface area contributed by atoms with E-state index < -0.39 is 0 Å². The van der Waals surface area contributed by atoms with Gasteiger partial charge in [-0.1, -0.05) is 13.3 Å². The largest absolute Gasteiger partial charge is 0.327 e. The Morgan fingerprint density at radius 1 is 1.06 bits per heavy atom. The predicted molar refractivity (Wildman–Crippen MR) is 73.0 cm³/mol. The summed E-state index contributed by atoms with van der Waals surface area (Å²) in [4.78, 5) is 12.7. The number of hydrogen-bond donors (Lipinski definition) is 1. The minimum atomic E-state index is 0.195. The maximum Gasteiger partial charge on any atom is 0.140 e. The quantitative estimate of drug-likeness (QED) is 0.835. The lowest BCUT2D eigenvalue weighted by Crippen LogP contribution is -2.43.